The van der Waals surface area contributed by atoms with Gasteiger partial charge >= 0.3 is 0 Å². The van der Waals surface area contributed by atoms with Gasteiger partial charge in [0.15, 0.2) is 0 Å². The molecule has 2 rings (SSSR count). The number of amides is 1. The second-order valence-electron chi connectivity index (χ2n) is 4.52. The lowest BCUT2D eigenvalue weighted by molar-refractivity contribution is 0.0945. The molecule has 1 unspecified atom stereocenters. The zero-order chi connectivity index (χ0) is 14.7. The van der Waals surface area contributed by atoms with E-state index in [-0.39, 0.29) is 11.9 Å². The number of halogens is 1. The van der Waals surface area contributed by atoms with Crippen molar-refractivity contribution in [3.05, 3.63) is 28.1 Å². The Balaban J connectivity index is 2.28. The van der Waals surface area contributed by atoms with E-state index in [1.807, 2.05) is 18.4 Å². The molecule has 0 aliphatic carbocycles. The highest BCUT2D eigenvalue weighted by Gasteiger charge is 2.18. The average molecular weight is 329 g/mol. The Kier molecular flexibility index (Phi) is 5.18. The van der Waals surface area contributed by atoms with Gasteiger partial charge in [0, 0.05) is 26.9 Å². The maximum absolute atomic E-state index is 12.3. The summed E-state index contributed by atoms with van der Waals surface area (Å²) < 4.78 is 0.943. The standard InChI is InChI=1S/C14H17ClN2OS2/c1-3-9(7-19-2)17-14(18)13-12(16)10-5-4-8(15)6-11(10)20-13/h4-6,9H,3,7,16H2,1-2H3,(H,17,18). The first-order valence-corrected chi connectivity index (χ1v) is 8.93. The summed E-state index contributed by atoms with van der Waals surface area (Å²) in [6.07, 6.45) is 2.94. The molecule has 0 saturated heterocycles. The Morgan fingerprint density at radius 1 is 1.55 bits per heavy atom. The number of fused-ring (bicyclic) bond motifs is 1. The zero-order valence-corrected chi connectivity index (χ0v) is 13.8. The summed E-state index contributed by atoms with van der Waals surface area (Å²) in [7, 11) is 0. The van der Waals surface area contributed by atoms with E-state index < -0.39 is 0 Å². The summed E-state index contributed by atoms with van der Waals surface area (Å²) in [4.78, 5) is 12.9. The summed E-state index contributed by atoms with van der Waals surface area (Å²) in [6, 6.07) is 5.66. The van der Waals surface area contributed by atoms with Crippen LogP contribution >= 0.6 is 34.7 Å². The Morgan fingerprint density at radius 2 is 2.30 bits per heavy atom. The van der Waals surface area contributed by atoms with Gasteiger partial charge in [-0.3, -0.25) is 4.79 Å². The van der Waals surface area contributed by atoms with Crippen molar-refractivity contribution in [1.29, 1.82) is 0 Å². The zero-order valence-electron chi connectivity index (χ0n) is 11.4. The number of thioether (sulfide) groups is 1. The van der Waals surface area contributed by atoms with Gasteiger partial charge in [-0.05, 0) is 30.9 Å². The molecule has 0 fully saturated rings. The summed E-state index contributed by atoms with van der Waals surface area (Å²) in [5, 5.41) is 4.58. The molecule has 108 valence electrons. The van der Waals surface area contributed by atoms with Crippen LogP contribution in [0.25, 0.3) is 10.1 Å². The van der Waals surface area contributed by atoms with Crippen LogP contribution in [0.1, 0.15) is 23.0 Å². The molecule has 1 atom stereocenters. The van der Waals surface area contributed by atoms with Gasteiger partial charge in [0.05, 0.1) is 5.69 Å². The second kappa shape index (κ2) is 6.70. The normalized spacial score (nSPS) is 12.6. The molecule has 1 aromatic carbocycles. The first kappa shape index (κ1) is 15.5. The minimum absolute atomic E-state index is 0.0966. The number of rotatable bonds is 5. The number of carbonyl (C=O) groups is 1. The van der Waals surface area contributed by atoms with Gasteiger partial charge in [0.1, 0.15) is 4.88 Å². The molecule has 3 N–H and O–H groups in total. The third-order valence-corrected chi connectivity index (χ3v) is 5.23. The lowest BCUT2D eigenvalue weighted by Gasteiger charge is -2.15. The van der Waals surface area contributed by atoms with Gasteiger partial charge in [0.2, 0.25) is 0 Å². The van der Waals surface area contributed by atoms with Gasteiger partial charge in [-0.2, -0.15) is 11.8 Å². The van der Waals surface area contributed by atoms with E-state index in [2.05, 4.69) is 12.2 Å². The van der Waals surface area contributed by atoms with Crippen molar-refractivity contribution in [2.45, 2.75) is 19.4 Å². The van der Waals surface area contributed by atoms with Crippen LogP contribution in [-0.4, -0.2) is 24.0 Å². The number of nitrogens with one attached hydrogen (secondary N) is 1. The minimum atomic E-state index is -0.0966. The quantitative estimate of drug-likeness (QED) is 0.872. The van der Waals surface area contributed by atoms with Crippen LogP contribution in [0, 0.1) is 0 Å². The number of nitrogen functional groups attached to an aromatic ring is 1. The van der Waals surface area contributed by atoms with Gasteiger partial charge in [-0.25, -0.2) is 0 Å². The number of benzene rings is 1. The topological polar surface area (TPSA) is 55.1 Å². The molecule has 20 heavy (non-hydrogen) atoms. The van der Waals surface area contributed by atoms with E-state index in [4.69, 9.17) is 17.3 Å². The van der Waals surface area contributed by atoms with E-state index in [0.717, 1.165) is 22.3 Å². The molecule has 0 spiro atoms. The molecule has 0 radical (unpaired) electrons. The van der Waals surface area contributed by atoms with Crippen LogP contribution in [0.5, 0.6) is 0 Å². The SMILES string of the molecule is CCC(CSC)NC(=O)c1sc2cc(Cl)ccc2c1N. The summed E-state index contributed by atoms with van der Waals surface area (Å²) >= 11 is 9.08. The second-order valence-corrected chi connectivity index (χ2v) is 6.92. The van der Waals surface area contributed by atoms with Crippen molar-refractivity contribution in [2.75, 3.05) is 17.7 Å². The summed E-state index contributed by atoms with van der Waals surface area (Å²) in [6.45, 7) is 2.06. The number of carbonyl (C=O) groups excluding carboxylic acids is 1. The van der Waals surface area contributed by atoms with E-state index in [0.29, 0.717) is 15.6 Å². The van der Waals surface area contributed by atoms with E-state index in [9.17, 15) is 4.79 Å². The van der Waals surface area contributed by atoms with Crippen LogP contribution in [-0.2, 0) is 0 Å². The maximum atomic E-state index is 12.3. The molecule has 1 aromatic heterocycles. The highest BCUT2D eigenvalue weighted by atomic mass is 35.5. The molecular formula is C14H17ClN2OS2. The highest BCUT2D eigenvalue weighted by Crippen LogP contribution is 2.35. The van der Waals surface area contributed by atoms with Crippen molar-refractivity contribution in [1.82, 2.24) is 5.32 Å². The maximum Gasteiger partial charge on any atom is 0.263 e. The average Bonchev–Trinajstić information content (AvgIpc) is 2.74. The Bertz CT molecular complexity index is 627. The van der Waals surface area contributed by atoms with Crippen LogP contribution in [0.4, 0.5) is 5.69 Å². The molecule has 3 nitrogen and oxygen atoms in total. The Morgan fingerprint density at radius 3 is 2.95 bits per heavy atom. The molecule has 1 heterocycles. The van der Waals surface area contributed by atoms with E-state index >= 15 is 0 Å². The smallest absolute Gasteiger partial charge is 0.263 e. The third-order valence-electron chi connectivity index (χ3n) is 3.09. The monoisotopic (exact) mass is 328 g/mol. The highest BCUT2D eigenvalue weighted by molar-refractivity contribution is 7.98. The van der Waals surface area contributed by atoms with Crippen molar-refractivity contribution in [3.63, 3.8) is 0 Å². The molecule has 6 heteroatoms. The first-order valence-electron chi connectivity index (χ1n) is 6.34. The van der Waals surface area contributed by atoms with E-state index in [1.54, 1.807) is 17.8 Å². The van der Waals surface area contributed by atoms with Gasteiger partial charge in [-0.1, -0.05) is 18.5 Å². The lowest BCUT2D eigenvalue weighted by Crippen LogP contribution is -2.36. The van der Waals surface area contributed by atoms with Crippen LogP contribution in [0.2, 0.25) is 5.02 Å². The largest absolute Gasteiger partial charge is 0.397 e. The van der Waals surface area contributed by atoms with Gasteiger partial charge in [0.25, 0.3) is 5.91 Å². The molecule has 0 bridgehead atoms. The molecular weight excluding hydrogens is 312 g/mol. The minimum Gasteiger partial charge on any atom is -0.397 e. The first-order chi connectivity index (χ1) is 9.56. The van der Waals surface area contributed by atoms with Crippen LogP contribution in [0.3, 0.4) is 0 Å². The number of anilines is 1. The number of hydrogen-bond acceptors (Lipinski definition) is 4. The fourth-order valence-electron chi connectivity index (χ4n) is 1.97. The van der Waals surface area contributed by atoms with E-state index in [1.165, 1.54) is 11.3 Å². The summed E-state index contributed by atoms with van der Waals surface area (Å²) in [5.41, 5.74) is 6.62. The third kappa shape index (κ3) is 3.22. The number of nitrogens with two attached hydrogens (primary N) is 1. The number of hydrogen-bond donors (Lipinski definition) is 2. The predicted molar refractivity (Wildman–Crippen MR) is 91.2 cm³/mol. The fraction of sp³-hybridized carbons (Fsp3) is 0.357. The van der Waals surface area contributed by atoms with Crippen molar-refractivity contribution in [3.8, 4) is 0 Å². The van der Waals surface area contributed by atoms with Gasteiger partial charge < -0.3 is 11.1 Å². The number of thiophene rings is 1. The molecule has 1 amide bonds. The fourth-order valence-corrected chi connectivity index (χ4v) is 4.00. The summed E-state index contributed by atoms with van der Waals surface area (Å²) in [5.74, 6) is 0.805. The lowest BCUT2D eigenvalue weighted by atomic mass is 10.2. The molecule has 0 aliphatic heterocycles. The molecule has 0 aliphatic rings. The van der Waals surface area contributed by atoms with Crippen molar-refractivity contribution < 1.29 is 4.79 Å². The predicted octanol–water partition coefficient (Wildman–Crippen LogP) is 4.01. The van der Waals surface area contributed by atoms with Gasteiger partial charge in [-0.15, -0.1) is 11.3 Å². The van der Waals surface area contributed by atoms with Crippen LogP contribution in [0.15, 0.2) is 18.2 Å². The van der Waals surface area contributed by atoms with Crippen molar-refractivity contribution in [2.24, 2.45) is 0 Å². The van der Waals surface area contributed by atoms with Crippen LogP contribution < -0.4 is 11.1 Å². The molecule has 0 saturated carbocycles. The molecule has 2 aromatic rings. The Labute approximate surface area is 131 Å². The Hall–Kier alpha value is -0.910. The van der Waals surface area contributed by atoms with Crippen molar-refractivity contribution >= 4 is 56.4 Å².